The van der Waals surface area contributed by atoms with E-state index in [0.29, 0.717) is 25.8 Å². The third-order valence-electron chi connectivity index (χ3n) is 6.33. The van der Waals surface area contributed by atoms with Gasteiger partial charge in [-0.15, -0.1) is 0 Å². The van der Waals surface area contributed by atoms with Crippen LogP contribution in [-0.2, 0) is 22.6 Å². The summed E-state index contributed by atoms with van der Waals surface area (Å²) in [6, 6.07) is 13.8. The molecule has 3 aromatic rings. The fraction of sp³-hybridized carbons (Fsp3) is 0.333. The van der Waals surface area contributed by atoms with Crippen molar-refractivity contribution in [3.05, 3.63) is 59.3 Å². The van der Waals surface area contributed by atoms with Crippen molar-refractivity contribution in [3.8, 4) is 5.75 Å². The van der Waals surface area contributed by atoms with E-state index in [2.05, 4.69) is 10.3 Å². The molecule has 0 unspecified atom stereocenters. The number of benzene rings is 2. The standard InChI is InChI=1S/C24H25N3O3/c1-30-15-9-10-21-18(13-15)19-14-27(12-11-22(19)25-21)23(28)8-4-6-17-16-5-2-3-7-20(16)26-24(17)29/h2-3,5,7,9-10,13,17,25H,4,6,8,11-12,14H2,1H3,(H,26,29)/t17-/m1/s1. The van der Waals surface area contributed by atoms with Gasteiger partial charge < -0.3 is 19.9 Å². The van der Waals surface area contributed by atoms with E-state index in [1.807, 2.05) is 47.4 Å². The molecule has 0 bridgehead atoms. The van der Waals surface area contributed by atoms with Crippen molar-refractivity contribution in [1.82, 2.24) is 9.88 Å². The Bertz CT molecular complexity index is 1130. The Kier molecular flexibility index (Phi) is 4.69. The second-order valence-corrected chi connectivity index (χ2v) is 8.08. The van der Waals surface area contributed by atoms with Gasteiger partial charge in [0, 0.05) is 53.8 Å². The van der Waals surface area contributed by atoms with E-state index in [-0.39, 0.29) is 17.7 Å². The number of carbonyl (C=O) groups excluding carboxylic acids is 2. The van der Waals surface area contributed by atoms with E-state index in [9.17, 15) is 9.59 Å². The van der Waals surface area contributed by atoms with Crippen LogP contribution in [0.25, 0.3) is 10.9 Å². The number of para-hydroxylation sites is 1. The zero-order chi connectivity index (χ0) is 20.7. The highest BCUT2D eigenvalue weighted by Crippen LogP contribution is 2.35. The molecule has 2 N–H and O–H groups in total. The zero-order valence-electron chi connectivity index (χ0n) is 17.0. The molecule has 1 aromatic heterocycles. The molecule has 0 saturated heterocycles. The highest BCUT2D eigenvalue weighted by Gasteiger charge is 2.30. The van der Waals surface area contributed by atoms with Crippen LogP contribution in [0.15, 0.2) is 42.5 Å². The topological polar surface area (TPSA) is 74.4 Å². The number of fused-ring (bicyclic) bond motifs is 4. The fourth-order valence-electron chi connectivity index (χ4n) is 4.71. The van der Waals surface area contributed by atoms with E-state index >= 15 is 0 Å². The normalized spacial score (nSPS) is 17.6. The van der Waals surface area contributed by atoms with Gasteiger partial charge in [-0.05, 0) is 42.7 Å². The van der Waals surface area contributed by atoms with Gasteiger partial charge in [0.25, 0.3) is 0 Å². The van der Waals surface area contributed by atoms with E-state index < -0.39 is 0 Å². The zero-order valence-corrected chi connectivity index (χ0v) is 17.0. The minimum Gasteiger partial charge on any atom is -0.497 e. The molecule has 2 aromatic carbocycles. The van der Waals surface area contributed by atoms with Crippen molar-refractivity contribution in [2.75, 3.05) is 19.0 Å². The average Bonchev–Trinajstić information content (AvgIpc) is 3.29. The number of aromatic nitrogens is 1. The second kappa shape index (κ2) is 7.52. The quantitative estimate of drug-likeness (QED) is 0.677. The fourth-order valence-corrected chi connectivity index (χ4v) is 4.71. The van der Waals surface area contributed by atoms with Crippen molar-refractivity contribution < 1.29 is 14.3 Å². The average molecular weight is 403 g/mol. The highest BCUT2D eigenvalue weighted by atomic mass is 16.5. The molecule has 30 heavy (non-hydrogen) atoms. The number of hydrogen-bond donors (Lipinski definition) is 2. The van der Waals surface area contributed by atoms with Crippen molar-refractivity contribution in [1.29, 1.82) is 0 Å². The lowest BCUT2D eigenvalue weighted by Gasteiger charge is -2.27. The molecule has 0 spiro atoms. The first-order valence-electron chi connectivity index (χ1n) is 10.5. The van der Waals surface area contributed by atoms with E-state index in [1.165, 1.54) is 11.3 Å². The molecule has 2 aliphatic rings. The molecule has 1 atom stereocenters. The summed E-state index contributed by atoms with van der Waals surface area (Å²) >= 11 is 0. The van der Waals surface area contributed by atoms with Crippen molar-refractivity contribution in [2.45, 2.75) is 38.1 Å². The Morgan fingerprint density at radius 3 is 2.97 bits per heavy atom. The van der Waals surface area contributed by atoms with E-state index in [1.54, 1.807) is 7.11 Å². The molecule has 154 valence electrons. The van der Waals surface area contributed by atoms with Crippen LogP contribution in [0.5, 0.6) is 5.75 Å². The van der Waals surface area contributed by atoms with E-state index in [4.69, 9.17) is 4.74 Å². The molecule has 6 nitrogen and oxygen atoms in total. The number of nitrogens with zero attached hydrogens (tertiary/aromatic N) is 1. The van der Waals surface area contributed by atoms with Gasteiger partial charge in [-0.25, -0.2) is 0 Å². The monoisotopic (exact) mass is 403 g/mol. The number of hydrogen-bond acceptors (Lipinski definition) is 3. The third kappa shape index (κ3) is 3.22. The first-order chi connectivity index (χ1) is 14.6. The van der Waals surface area contributed by atoms with Gasteiger partial charge in [0.05, 0.1) is 13.0 Å². The van der Waals surface area contributed by atoms with Gasteiger partial charge in [-0.2, -0.15) is 0 Å². The number of aromatic amines is 1. The first-order valence-corrected chi connectivity index (χ1v) is 10.5. The predicted octanol–water partition coefficient (Wildman–Crippen LogP) is 3.97. The first kappa shape index (κ1) is 18.7. The van der Waals surface area contributed by atoms with Crippen molar-refractivity contribution in [3.63, 3.8) is 0 Å². The molecule has 5 rings (SSSR count). The van der Waals surface area contributed by atoms with Crippen LogP contribution in [0.1, 0.15) is 42.0 Å². The van der Waals surface area contributed by atoms with Crippen LogP contribution in [-0.4, -0.2) is 35.4 Å². The summed E-state index contributed by atoms with van der Waals surface area (Å²) < 4.78 is 5.37. The Labute approximate surface area is 175 Å². The molecule has 0 saturated carbocycles. The molecule has 0 aliphatic carbocycles. The summed E-state index contributed by atoms with van der Waals surface area (Å²) in [5.41, 5.74) is 5.43. The van der Waals surface area contributed by atoms with Gasteiger partial charge in [-0.1, -0.05) is 18.2 Å². The maximum absolute atomic E-state index is 12.9. The number of nitrogens with one attached hydrogen (secondary N) is 2. The molecular formula is C24H25N3O3. The van der Waals surface area contributed by atoms with Crippen LogP contribution in [0, 0.1) is 0 Å². The van der Waals surface area contributed by atoms with Gasteiger partial charge >= 0.3 is 0 Å². The minimum atomic E-state index is -0.150. The molecule has 0 fully saturated rings. The molecule has 0 radical (unpaired) electrons. The number of ether oxygens (including phenoxy) is 1. The molecular weight excluding hydrogens is 378 g/mol. The number of anilines is 1. The van der Waals surface area contributed by atoms with Gasteiger partial charge in [0.2, 0.25) is 11.8 Å². The Balaban J connectivity index is 1.23. The molecule has 2 amide bonds. The summed E-state index contributed by atoms with van der Waals surface area (Å²) in [4.78, 5) is 30.6. The summed E-state index contributed by atoms with van der Waals surface area (Å²) in [5, 5.41) is 4.06. The Morgan fingerprint density at radius 1 is 1.23 bits per heavy atom. The third-order valence-corrected chi connectivity index (χ3v) is 6.33. The van der Waals surface area contributed by atoms with Crippen LogP contribution in [0.2, 0.25) is 0 Å². The van der Waals surface area contributed by atoms with Gasteiger partial charge in [-0.3, -0.25) is 9.59 Å². The maximum Gasteiger partial charge on any atom is 0.232 e. The van der Waals surface area contributed by atoms with Crippen LogP contribution in [0.4, 0.5) is 5.69 Å². The number of methoxy groups -OCH3 is 1. The summed E-state index contributed by atoms with van der Waals surface area (Å²) in [7, 11) is 1.67. The Hall–Kier alpha value is -3.28. The lowest BCUT2D eigenvalue weighted by atomic mass is 9.94. The summed E-state index contributed by atoms with van der Waals surface area (Å²) in [6.45, 7) is 1.34. The number of H-pyrrole nitrogens is 1. The lowest BCUT2D eigenvalue weighted by molar-refractivity contribution is -0.132. The number of amides is 2. The van der Waals surface area contributed by atoms with Crippen LogP contribution in [0.3, 0.4) is 0 Å². The van der Waals surface area contributed by atoms with E-state index in [0.717, 1.165) is 40.9 Å². The van der Waals surface area contributed by atoms with Crippen molar-refractivity contribution >= 4 is 28.4 Å². The maximum atomic E-state index is 12.9. The van der Waals surface area contributed by atoms with Gasteiger partial charge in [0.15, 0.2) is 0 Å². The molecule has 2 aliphatic heterocycles. The van der Waals surface area contributed by atoms with Gasteiger partial charge in [0.1, 0.15) is 5.75 Å². The summed E-state index contributed by atoms with van der Waals surface area (Å²) in [6.07, 6.45) is 2.69. The smallest absolute Gasteiger partial charge is 0.232 e. The minimum absolute atomic E-state index is 0.0407. The second-order valence-electron chi connectivity index (χ2n) is 8.08. The SMILES string of the molecule is COc1ccc2[nH]c3c(c2c1)CN(C(=O)CCC[C@H]1C(=O)Nc2ccccc21)CC3. The highest BCUT2D eigenvalue weighted by molar-refractivity contribution is 6.02. The number of carbonyl (C=O) groups is 2. The lowest BCUT2D eigenvalue weighted by Crippen LogP contribution is -2.35. The Morgan fingerprint density at radius 2 is 2.10 bits per heavy atom. The molecule has 6 heteroatoms. The largest absolute Gasteiger partial charge is 0.497 e. The summed E-state index contributed by atoms with van der Waals surface area (Å²) in [5.74, 6) is 0.870. The van der Waals surface area contributed by atoms with Crippen molar-refractivity contribution in [2.24, 2.45) is 0 Å². The number of rotatable bonds is 5. The van der Waals surface area contributed by atoms with Crippen LogP contribution >= 0.6 is 0 Å². The molecule has 3 heterocycles. The predicted molar refractivity (Wildman–Crippen MR) is 116 cm³/mol. The van der Waals surface area contributed by atoms with Crippen LogP contribution < -0.4 is 10.1 Å².